The third-order valence-electron chi connectivity index (χ3n) is 20.5. The van der Waals surface area contributed by atoms with Gasteiger partial charge in [0.1, 0.15) is 36.7 Å². The third kappa shape index (κ3) is 18.5. The Kier molecular flexibility index (Phi) is 24.4. The molecule has 0 aromatic heterocycles. The fourth-order valence-corrected chi connectivity index (χ4v) is 15.4. The molecule has 0 aliphatic carbocycles. The highest BCUT2D eigenvalue weighted by Gasteiger charge is 2.60. The molecule has 95 heavy (non-hydrogen) atoms. The molecular weight excluding hydrogens is 1230 g/mol. The summed E-state index contributed by atoms with van der Waals surface area (Å²) in [6.07, 6.45) is 4.01. The van der Waals surface area contributed by atoms with Crippen molar-refractivity contribution < 1.29 is 91.2 Å². The number of aliphatic hydroxyl groups excluding tert-OH is 2. The Hall–Kier alpha value is -6.20. The summed E-state index contributed by atoms with van der Waals surface area (Å²) in [7, 11) is 1.57. The topological polar surface area (TPSA) is 349 Å². The van der Waals surface area contributed by atoms with Crippen LogP contribution < -0.4 is 32.3 Å². The molecule has 26 heteroatoms. The van der Waals surface area contributed by atoms with E-state index in [9.17, 15) is 48.6 Å². The summed E-state index contributed by atoms with van der Waals surface area (Å²) >= 11 is 0. The molecule has 1 spiro atoms. The Labute approximate surface area is 555 Å². The van der Waals surface area contributed by atoms with Crippen LogP contribution in [-0.2, 0) is 78.0 Å². The summed E-state index contributed by atoms with van der Waals surface area (Å²) < 4.78 is 59.1. The smallest absolute Gasteiger partial charge is 0.407 e. The number of nitrogens with one attached hydrogen (secondary N) is 5. The van der Waals surface area contributed by atoms with E-state index in [0.717, 1.165) is 41.7 Å². The zero-order chi connectivity index (χ0) is 67.7. The minimum absolute atomic E-state index is 0.0161. The Bertz CT molecular complexity index is 2950. The normalized spacial score (nSPS) is 34.0. The average Bonchev–Trinajstić information content (AvgIpc) is 1.62. The molecule has 9 N–H and O–H groups in total. The molecule has 0 saturated carbocycles. The maximum atomic E-state index is 14.5. The zero-order valence-corrected chi connectivity index (χ0v) is 55.3. The van der Waals surface area contributed by atoms with Gasteiger partial charge in [-0.05, 0) is 111 Å². The Morgan fingerprint density at radius 3 is 2.26 bits per heavy atom. The number of alkyl carbamates (subject to hydrolysis) is 1. The van der Waals surface area contributed by atoms with Gasteiger partial charge in [-0.1, -0.05) is 52.5 Å². The van der Waals surface area contributed by atoms with Crippen LogP contribution in [0.5, 0.6) is 0 Å². The molecule has 9 heterocycles. The van der Waals surface area contributed by atoms with Crippen molar-refractivity contribution in [3.05, 3.63) is 66.3 Å². The highest BCUT2D eigenvalue weighted by atomic mass is 16.7. The number of urea groups is 1. The summed E-state index contributed by atoms with van der Waals surface area (Å²) in [6, 6.07) is 3.66. The number of unbranched alkanes of at least 4 members (excludes halogenated alkanes) is 2. The number of nitrogens with zero attached hydrogens (tertiary/aromatic N) is 1. The molecule has 9 aliphatic heterocycles. The fourth-order valence-electron chi connectivity index (χ4n) is 15.4. The first-order chi connectivity index (χ1) is 45.5. The molecule has 8 fully saturated rings. The van der Waals surface area contributed by atoms with E-state index in [4.69, 9.17) is 48.4 Å². The van der Waals surface area contributed by atoms with Crippen LogP contribution in [0.1, 0.15) is 155 Å². The third-order valence-corrected chi connectivity index (χ3v) is 20.5. The molecule has 8 saturated heterocycles. The number of Topliss-reactive ketones (excluding diaryl/α,β-unsaturated/α-hetero) is 1. The molecule has 20 atom stereocenters. The van der Waals surface area contributed by atoms with Crippen LogP contribution in [0.25, 0.3) is 0 Å². The minimum atomic E-state index is -1.11. The number of aliphatic hydroxyl groups is 2. The number of anilines is 1. The first-order valence-corrected chi connectivity index (χ1v) is 34.4. The maximum Gasteiger partial charge on any atom is 0.407 e. The molecular formula is C69H99N7O19. The van der Waals surface area contributed by atoms with E-state index in [0.29, 0.717) is 75.5 Å². The van der Waals surface area contributed by atoms with Crippen molar-refractivity contribution in [2.24, 2.45) is 23.5 Å². The summed E-state index contributed by atoms with van der Waals surface area (Å²) in [6.45, 7) is 14.6. The standard InChI is InChI=1S/C69H99N7O19/c1-37(2)61(75-58(80)12-8-7-9-26-76-59(81)21-22-60(76)82)66(84)74-49(11-10-25-71-67(70)85)65(83)73-42-15-13-41(14-16-42)36-88-68(86)72-35-44(78)31-55-62(87-6)48-30-43(77)29-46-18-20-52-64(91-46)57-33-56(92-52)63-50(79)34-69(94-57,95-63)24-23-47-28-39(4)51(89-47)19-17-45-27-38(3)40(5)53(90-45)32-54(48)93-55/h13-16,21-22,37-38,44-57,61-64,78-79H,4-5,7-12,17-20,23-36H2,1-3,6H3,(H,72,86)(H,73,83)(H,74,84)(H,75,80)(H3,70,71,85)/t38-,44?,45?,46?,47?,48?,49?,50-,51+,52?,53-,54+,55-,56-,57?,61+,62-,63?,64+,69-/m1/s1. The number of carbonyl (C=O) groups is 8. The predicted octanol–water partition coefficient (Wildman–Crippen LogP) is 4.89. The number of fused-ring (bicyclic) bond motifs is 9. The van der Waals surface area contributed by atoms with Crippen molar-refractivity contribution in [2.75, 3.05) is 32.1 Å². The molecule has 9 aliphatic rings. The number of methoxy groups -OCH3 is 1. The average molecular weight is 1330 g/mol. The lowest BCUT2D eigenvalue weighted by Gasteiger charge is -2.47. The van der Waals surface area contributed by atoms with Gasteiger partial charge >= 0.3 is 12.1 Å². The molecule has 1 aromatic carbocycles. The minimum Gasteiger partial charge on any atom is -0.445 e. The van der Waals surface area contributed by atoms with Crippen molar-refractivity contribution >= 4 is 53.1 Å². The first kappa shape index (κ1) is 71.6. The van der Waals surface area contributed by atoms with Gasteiger partial charge in [0.2, 0.25) is 17.7 Å². The van der Waals surface area contributed by atoms with Gasteiger partial charge in [0.05, 0.1) is 79.4 Å². The van der Waals surface area contributed by atoms with Crippen LogP contribution in [0.15, 0.2) is 60.7 Å². The monoisotopic (exact) mass is 1330 g/mol. The summed E-state index contributed by atoms with van der Waals surface area (Å²) in [4.78, 5) is 104. The number of amides is 8. The second-order valence-corrected chi connectivity index (χ2v) is 27.9. The largest absolute Gasteiger partial charge is 0.445 e. The Morgan fingerprint density at radius 2 is 1.52 bits per heavy atom. The molecule has 1 aromatic rings. The van der Waals surface area contributed by atoms with Crippen LogP contribution in [0.4, 0.5) is 15.3 Å². The number of nitrogens with two attached hydrogens (primary N) is 1. The second kappa shape index (κ2) is 32.4. The van der Waals surface area contributed by atoms with Crippen LogP contribution in [-0.4, -0.2) is 199 Å². The SMILES string of the molecule is C=C1CC2CC[C@]34C[C@@H](O)C(O3)[C@H]3CC(O4)[C@H]4OC(CCC4O3)CC(=O)CC3[C@H](C[C@H]4OC(CC[C@@H]1O2)C[C@@H](C)C4=C)O[C@H](CC(O)CNC(=O)OCc1ccc(NC(=O)C(CCCNC(N)=O)NC(=O)[C@@H](NC(=O)CCCCCN2C(=O)C=CC2=O)C(C)C)cc1)[C@@H]3OC. The number of rotatable bonds is 23. The van der Waals surface area contributed by atoms with Gasteiger partial charge in [-0.3, -0.25) is 33.7 Å². The fraction of sp³-hybridized carbons (Fsp3) is 0.710. The molecule has 10 bridgehead atoms. The van der Waals surface area contributed by atoms with E-state index in [-0.39, 0.29) is 149 Å². The van der Waals surface area contributed by atoms with Crippen LogP contribution in [0, 0.1) is 17.8 Å². The molecule has 0 radical (unpaired) electrons. The van der Waals surface area contributed by atoms with E-state index >= 15 is 0 Å². The van der Waals surface area contributed by atoms with Crippen LogP contribution >= 0.6 is 0 Å². The highest BCUT2D eigenvalue weighted by molar-refractivity contribution is 6.12. The maximum absolute atomic E-state index is 14.5. The van der Waals surface area contributed by atoms with Crippen LogP contribution in [0.3, 0.4) is 0 Å². The van der Waals surface area contributed by atoms with Crippen molar-refractivity contribution in [2.45, 2.75) is 265 Å². The second-order valence-electron chi connectivity index (χ2n) is 27.9. The van der Waals surface area contributed by atoms with Gasteiger partial charge in [-0.25, -0.2) is 9.59 Å². The molecule has 8 amide bonds. The number of hydrogen-bond acceptors (Lipinski definition) is 19. The van der Waals surface area contributed by atoms with E-state index in [2.05, 4.69) is 46.7 Å². The first-order valence-electron chi connectivity index (χ1n) is 34.4. The number of hydrogen-bond donors (Lipinski definition) is 8. The Morgan fingerprint density at radius 1 is 0.768 bits per heavy atom. The lowest BCUT2D eigenvalue weighted by molar-refractivity contribution is -0.277. The molecule has 10 rings (SSSR count). The van der Waals surface area contributed by atoms with Crippen molar-refractivity contribution in [1.82, 2.24) is 26.2 Å². The van der Waals surface area contributed by atoms with Gasteiger partial charge in [0, 0.05) is 102 Å². The number of ether oxygens (including phenoxy) is 9. The van der Waals surface area contributed by atoms with E-state index in [1.54, 1.807) is 45.2 Å². The van der Waals surface area contributed by atoms with E-state index in [1.165, 1.54) is 12.2 Å². The van der Waals surface area contributed by atoms with Crippen molar-refractivity contribution in [1.29, 1.82) is 0 Å². The number of primary amides is 1. The lowest BCUT2D eigenvalue weighted by Crippen LogP contribution is -2.58. The lowest BCUT2D eigenvalue weighted by atomic mass is 9.81. The quantitative estimate of drug-likeness (QED) is 0.0411. The Balaban J connectivity index is 0.720. The number of ketones is 1. The predicted molar refractivity (Wildman–Crippen MR) is 342 cm³/mol. The number of carbonyl (C=O) groups excluding carboxylic acids is 8. The highest BCUT2D eigenvalue weighted by Crippen LogP contribution is 2.49. The number of benzene rings is 1. The van der Waals surface area contributed by atoms with Gasteiger partial charge in [0.15, 0.2) is 5.79 Å². The van der Waals surface area contributed by atoms with Crippen LogP contribution in [0.2, 0.25) is 0 Å². The molecule has 9 unspecified atom stereocenters. The molecule has 26 nitrogen and oxygen atoms in total. The van der Waals surface area contributed by atoms with E-state index in [1.807, 2.05) is 0 Å². The molecule has 524 valence electrons. The summed E-state index contributed by atoms with van der Waals surface area (Å²) in [5.41, 5.74) is 8.18. The van der Waals surface area contributed by atoms with Crippen molar-refractivity contribution in [3.8, 4) is 0 Å². The summed E-state index contributed by atoms with van der Waals surface area (Å²) in [5, 5.41) is 36.3. The van der Waals surface area contributed by atoms with Gasteiger partial charge < -0.3 is 85.2 Å². The number of imide groups is 1. The van der Waals surface area contributed by atoms with Gasteiger partial charge in [-0.2, -0.15) is 0 Å². The zero-order valence-electron chi connectivity index (χ0n) is 55.3. The van der Waals surface area contributed by atoms with Gasteiger partial charge in [-0.15, -0.1) is 0 Å². The van der Waals surface area contributed by atoms with Gasteiger partial charge in [0.25, 0.3) is 11.8 Å². The van der Waals surface area contributed by atoms with E-state index < -0.39 is 90.5 Å². The summed E-state index contributed by atoms with van der Waals surface area (Å²) in [5.74, 6) is -3.95. The van der Waals surface area contributed by atoms with Crippen molar-refractivity contribution in [3.63, 3.8) is 0 Å².